The molecule has 13 heavy (non-hydrogen) atoms. The van der Waals surface area contributed by atoms with Gasteiger partial charge in [0.15, 0.2) is 0 Å². The molecule has 0 saturated carbocycles. The third kappa shape index (κ3) is 2.45. The van der Waals surface area contributed by atoms with Crippen molar-refractivity contribution >= 4 is 5.91 Å². The van der Waals surface area contributed by atoms with Crippen LogP contribution < -0.4 is 0 Å². The fraction of sp³-hybridized carbons (Fsp3) is 0.909. The summed E-state index contributed by atoms with van der Waals surface area (Å²) in [4.78, 5) is 13.6. The molecule has 1 aliphatic heterocycles. The molecule has 0 aromatic carbocycles. The van der Waals surface area contributed by atoms with Crippen molar-refractivity contribution in [3.8, 4) is 0 Å². The molecule has 1 rings (SSSR count). The SMILES string of the molecule is CCCCC1CCC(=O)N1C(C)C. The smallest absolute Gasteiger partial charge is 0.223 e. The van der Waals surface area contributed by atoms with Crippen LogP contribution in [0.25, 0.3) is 0 Å². The summed E-state index contributed by atoms with van der Waals surface area (Å²) in [6.07, 6.45) is 5.53. The molecular weight excluding hydrogens is 162 g/mol. The summed E-state index contributed by atoms with van der Waals surface area (Å²) in [5.41, 5.74) is 0. The van der Waals surface area contributed by atoms with Gasteiger partial charge in [-0.2, -0.15) is 0 Å². The van der Waals surface area contributed by atoms with Crippen LogP contribution in [0.1, 0.15) is 52.9 Å². The van der Waals surface area contributed by atoms with Crippen LogP contribution >= 0.6 is 0 Å². The molecule has 0 aromatic rings. The van der Waals surface area contributed by atoms with Crippen LogP contribution in [0.3, 0.4) is 0 Å². The lowest BCUT2D eigenvalue weighted by molar-refractivity contribution is -0.130. The van der Waals surface area contributed by atoms with Crippen LogP contribution in [0.5, 0.6) is 0 Å². The molecule has 0 spiro atoms. The van der Waals surface area contributed by atoms with Crippen molar-refractivity contribution in [3.63, 3.8) is 0 Å². The molecule has 1 unspecified atom stereocenters. The molecular formula is C11H21NO. The van der Waals surface area contributed by atoms with Gasteiger partial charge in [0.05, 0.1) is 0 Å². The number of unbranched alkanes of at least 4 members (excludes halogenated alkanes) is 1. The van der Waals surface area contributed by atoms with E-state index in [1.54, 1.807) is 0 Å². The Morgan fingerprint density at radius 3 is 2.77 bits per heavy atom. The molecule has 1 atom stereocenters. The summed E-state index contributed by atoms with van der Waals surface area (Å²) in [6.45, 7) is 6.43. The lowest BCUT2D eigenvalue weighted by Gasteiger charge is -2.28. The highest BCUT2D eigenvalue weighted by Crippen LogP contribution is 2.25. The van der Waals surface area contributed by atoms with Crippen LogP contribution in [0, 0.1) is 0 Å². The lowest BCUT2D eigenvalue weighted by Crippen LogP contribution is -2.38. The summed E-state index contributed by atoms with van der Waals surface area (Å²) in [7, 11) is 0. The number of amides is 1. The molecule has 1 amide bonds. The van der Waals surface area contributed by atoms with Gasteiger partial charge in [0.1, 0.15) is 0 Å². The number of hydrogen-bond acceptors (Lipinski definition) is 1. The minimum absolute atomic E-state index is 0.358. The van der Waals surface area contributed by atoms with Crippen molar-refractivity contribution in [2.24, 2.45) is 0 Å². The maximum atomic E-state index is 11.5. The molecule has 76 valence electrons. The van der Waals surface area contributed by atoms with Gasteiger partial charge in [-0.3, -0.25) is 4.79 Å². The van der Waals surface area contributed by atoms with E-state index in [9.17, 15) is 4.79 Å². The number of nitrogens with zero attached hydrogens (tertiary/aromatic N) is 1. The quantitative estimate of drug-likeness (QED) is 0.656. The van der Waals surface area contributed by atoms with Crippen molar-refractivity contribution in [1.82, 2.24) is 4.90 Å². The van der Waals surface area contributed by atoms with E-state index in [2.05, 4.69) is 25.7 Å². The minimum Gasteiger partial charge on any atom is -0.337 e. The fourth-order valence-corrected chi connectivity index (χ4v) is 2.19. The number of carbonyl (C=O) groups is 1. The topological polar surface area (TPSA) is 20.3 Å². The van der Waals surface area contributed by atoms with Gasteiger partial charge in [0.25, 0.3) is 0 Å². The first-order valence-corrected chi connectivity index (χ1v) is 5.48. The highest BCUT2D eigenvalue weighted by molar-refractivity contribution is 5.79. The maximum absolute atomic E-state index is 11.5. The first-order valence-electron chi connectivity index (χ1n) is 5.48. The second-order valence-corrected chi connectivity index (χ2v) is 4.23. The molecule has 2 nitrogen and oxygen atoms in total. The number of hydrogen-bond donors (Lipinski definition) is 0. The van der Waals surface area contributed by atoms with E-state index in [1.807, 2.05) is 0 Å². The zero-order valence-corrected chi connectivity index (χ0v) is 9.05. The van der Waals surface area contributed by atoms with Crippen LogP contribution in [0.15, 0.2) is 0 Å². The highest BCUT2D eigenvalue weighted by atomic mass is 16.2. The van der Waals surface area contributed by atoms with Crippen LogP contribution in [-0.2, 0) is 4.79 Å². The minimum atomic E-state index is 0.358. The average Bonchev–Trinajstić information content (AvgIpc) is 2.43. The molecule has 1 aliphatic rings. The van der Waals surface area contributed by atoms with Crippen LogP contribution in [-0.4, -0.2) is 22.9 Å². The van der Waals surface area contributed by atoms with Gasteiger partial charge in [-0.25, -0.2) is 0 Å². The van der Waals surface area contributed by atoms with Crippen molar-refractivity contribution in [2.75, 3.05) is 0 Å². The van der Waals surface area contributed by atoms with Gasteiger partial charge < -0.3 is 4.90 Å². The largest absolute Gasteiger partial charge is 0.337 e. The molecule has 1 saturated heterocycles. The predicted molar refractivity (Wildman–Crippen MR) is 54.5 cm³/mol. The van der Waals surface area contributed by atoms with E-state index < -0.39 is 0 Å². The number of likely N-dealkylation sites (tertiary alicyclic amines) is 1. The average molecular weight is 183 g/mol. The summed E-state index contributed by atoms with van der Waals surface area (Å²) in [6, 6.07) is 0.921. The lowest BCUT2D eigenvalue weighted by atomic mass is 10.1. The van der Waals surface area contributed by atoms with Gasteiger partial charge in [-0.15, -0.1) is 0 Å². The Bertz CT molecular complexity index is 177. The molecule has 0 N–H and O–H groups in total. The van der Waals surface area contributed by atoms with Gasteiger partial charge in [-0.05, 0) is 26.7 Å². The normalized spacial score (nSPS) is 23.2. The Hall–Kier alpha value is -0.530. The van der Waals surface area contributed by atoms with Crippen molar-refractivity contribution in [3.05, 3.63) is 0 Å². The van der Waals surface area contributed by atoms with E-state index in [-0.39, 0.29) is 0 Å². The van der Waals surface area contributed by atoms with Gasteiger partial charge >= 0.3 is 0 Å². The molecule has 0 radical (unpaired) electrons. The molecule has 1 heterocycles. The summed E-state index contributed by atoms with van der Waals surface area (Å²) in [5.74, 6) is 0.358. The van der Waals surface area contributed by atoms with E-state index in [1.165, 1.54) is 19.3 Å². The van der Waals surface area contributed by atoms with E-state index in [0.29, 0.717) is 18.0 Å². The second kappa shape index (κ2) is 4.64. The predicted octanol–water partition coefficient (Wildman–Crippen LogP) is 2.58. The fourth-order valence-electron chi connectivity index (χ4n) is 2.19. The summed E-state index contributed by atoms with van der Waals surface area (Å²) >= 11 is 0. The van der Waals surface area contributed by atoms with Crippen LogP contribution in [0.2, 0.25) is 0 Å². The molecule has 0 aliphatic carbocycles. The summed E-state index contributed by atoms with van der Waals surface area (Å²) in [5, 5.41) is 0. The van der Waals surface area contributed by atoms with Gasteiger partial charge in [-0.1, -0.05) is 19.8 Å². The first-order chi connectivity index (χ1) is 6.16. The Balaban J connectivity index is 2.49. The standard InChI is InChI=1S/C11H21NO/c1-4-5-6-10-7-8-11(13)12(10)9(2)3/h9-10H,4-8H2,1-3H3. The zero-order valence-electron chi connectivity index (χ0n) is 9.05. The monoisotopic (exact) mass is 183 g/mol. The van der Waals surface area contributed by atoms with Crippen molar-refractivity contribution in [2.45, 2.75) is 65.0 Å². The van der Waals surface area contributed by atoms with E-state index >= 15 is 0 Å². The Kier molecular flexibility index (Phi) is 3.76. The number of rotatable bonds is 4. The summed E-state index contributed by atoms with van der Waals surface area (Å²) < 4.78 is 0. The van der Waals surface area contributed by atoms with Crippen molar-refractivity contribution in [1.29, 1.82) is 0 Å². The maximum Gasteiger partial charge on any atom is 0.223 e. The zero-order chi connectivity index (χ0) is 9.84. The van der Waals surface area contributed by atoms with Gasteiger partial charge in [0, 0.05) is 18.5 Å². The molecule has 0 bridgehead atoms. The Morgan fingerprint density at radius 1 is 1.54 bits per heavy atom. The Labute approximate surface area is 81.3 Å². The highest BCUT2D eigenvalue weighted by Gasteiger charge is 2.31. The van der Waals surface area contributed by atoms with Crippen LogP contribution in [0.4, 0.5) is 0 Å². The van der Waals surface area contributed by atoms with Gasteiger partial charge in [0.2, 0.25) is 5.91 Å². The Morgan fingerprint density at radius 2 is 2.23 bits per heavy atom. The second-order valence-electron chi connectivity index (χ2n) is 4.23. The van der Waals surface area contributed by atoms with E-state index in [0.717, 1.165) is 12.8 Å². The van der Waals surface area contributed by atoms with Crippen molar-refractivity contribution < 1.29 is 4.79 Å². The molecule has 1 fully saturated rings. The first kappa shape index (κ1) is 10.6. The molecule has 2 heteroatoms. The molecule has 0 aromatic heterocycles. The van der Waals surface area contributed by atoms with E-state index in [4.69, 9.17) is 0 Å². The third-order valence-electron chi connectivity index (χ3n) is 2.82. The number of carbonyl (C=O) groups excluding carboxylic acids is 1. The third-order valence-corrected chi connectivity index (χ3v) is 2.82.